The number of rotatable bonds is 41. The number of allylic oxidation sites excluding steroid dienone is 17. The number of hydrogen-bond donors (Lipinski definition) is 5. The van der Waals surface area contributed by atoms with E-state index >= 15 is 0 Å². The molecule has 0 aromatic heterocycles. The molecule has 0 radical (unpaired) electrons. The molecule has 0 rings (SSSR count). The number of unbranched alkanes of at least 4 members (excludes halogenated alkanes) is 6. The lowest BCUT2D eigenvalue weighted by Crippen LogP contribution is -2.30. The van der Waals surface area contributed by atoms with Gasteiger partial charge in [-0.25, -0.2) is 9.13 Å². The lowest BCUT2D eigenvalue weighted by molar-refractivity contribution is -0.161. The molecular weight excluding hydrogens is 862 g/mol. The number of carbonyl (C=O) groups excluding carboxylic acids is 2. The van der Waals surface area contributed by atoms with E-state index in [9.17, 15) is 33.8 Å². The zero-order chi connectivity index (χ0) is 47.4. The van der Waals surface area contributed by atoms with Gasteiger partial charge in [0.15, 0.2) is 6.10 Å². The van der Waals surface area contributed by atoms with Gasteiger partial charge in [-0.2, -0.15) is 0 Å². The first-order valence-corrected chi connectivity index (χ1v) is 25.7. The van der Waals surface area contributed by atoms with E-state index in [0.717, 1.165) is 70.6 Å². The van der Waals surface area contributed by atoms with Crippen molar-refractivity contribution in [3.05, 3.63) is 109 Å². The van der Waals surface area contributed by atoms with Crippen molar-refractivity contribution in [1.82, 2.24) is 0 Å². The number of hydrogen-bond acceptors (Lipinski definition) is 11. The number of phosphoric acid groups is 2. The van der Waals surface area contributed by atoms with Gasteiger partial charge < -0.3 is 34.4 Å². The molecule has 1 unspecified atom stereocenters. The average Bonchev–Trinajstić information content (AvgIpc) is 3.25. The van der Waals surface area contributed by atoms with Crippen molar-refractivity contribution in [3.8, 4) is 0 Å². The largest absolute Gasteiger partial charge is 0.472 e. The first kappa shape index (κ1) is 60.7. The molecule has 0 aliphatic heterocycles. The van der Waals surface area contributed by atoms with Crippen LogP contribution in [0.15, 0.2) is 109 Å². The molecule has 0 aliphatic carbocycles. The van der Waals surface area contributed by atoms with E-state index in [2.05, 4.69) is 108 Å². The van der Waals surface area contributed by atoms with Crippen LogP contribution in [0.25, 0.3) is 0 Å². The van der Waals surface area contributed by atoms with Gasteiger partial charge in [-0.1, -0.05) is 142 Å². The molecule has 0 saturated heterocycles. The van der Waals surface area contributed by atoms with Gasteiger partial charge >= 0.3 is 27.6 Å². The van der Waals surface area contributed by atoms with Crippen molar-refractivity contribution in [2.24, 2.45) is 0 Å². The number of esters is 2. The number of ether oxygens (including phenoxy) is 2. The quantitative estimate of drug-likeness (QED) is 0.0127. The third-order valence-corrected chi connectivity index (χ3v) is 10.2. The summed E-state index contributed by atoms with van der Waals surface area (Å²) in [5.74, 6) is -1.28. The van der Waals surface area contributed by atoms with Gasteiger partial charge in [0.1, 0.15) is 12.7 Å². The Labute approximate surface area is 383 Å². The number of carbonyl (C=O) groups is 2. The van der Waals surface area contributed by atoms with Crippen molar-refractivity contribution in [2.75, 3.05) is 26.4 Å². The van der Waals surface area contributed by atoms with Gasteiger partial charge in [0.05, 0.1) is 25.9 Å². The maximum absolute atomic E-state index is 12.7. The summed E-state index contributed by atoms with van der Waals surface area (Å²) in [6, 6.07) is 0. The lowest BCUT2D eigenvalue weighted by atomic mass is 10.1. The first-order valence-electron chi connectivity index (χ1n) is 22.7. The molecule has 0 aromatic rings. The minimum atomic E-state index is -4.90. The highest BCUT2D eigenvalue weighted by Gasteiger charge is 2.28. The molecule has 16 heteroatoms. The third kappa shape index (κ3) is 45.3. The first-order chi connectivity index (χ1) is 30.8. The minimum Gasteiger partial charge on any atom is -0.462 e. The second kappa shape index (κ2) is 42.4. The summed E-state index contributed by atoms with van der Waals surface area (Å²) in [5.41, 5.74) is 0. The third-order valence-electron chi connectivity index (χ3n) is 8.74. The van der Waals surface area contributed by atoms with Crippen LogP contribution in [0.1, 0.15) is 136 Å². The van der Waals surface area contributed by atoms with Crippen molar-refractivity contribution in [2.45, 2.75) is 154 Å². The molecule has 0 spiro atoms. The fraction of sp³-hybridized carbons (Fsp3) is 0.583. The molecule has 64 heavy (non-hydrogen) atoms. The average molecular weight is 941 g/mol. The van der Waals surface area contributed by atoms with E-state index in [-0.39, 0.29) is 25.7 Å². The lowest BCUT2D eigenvalue weighted by Gasteiger charge is -2.20. The normalized spacial score (nSPS) is 15.4. The van der Waals surface area contributed by atoms with Gasteiger partial charge in [-0.05, 0) is 89.9 Å². The summed E-state index contributed by atoms with van der Waals surface area (Å²) in [6.45, 7) is 1.34. The van der Waals surface area contributed by atoms with Crippen LogP contribution >= 0.6 is 15.6 Å². The van der Waals surface area contributed by atoms with Crippen LogP contribution in [0.5, 0.6) is 0 Å². The van der Waals surface area contributed by atoms with Gasteiger partial charge in [-0.15, -0.1) is 0 Å². The monoisotopic (exact) mass is 940 g/mol. The van der Waals surface area contributed by atoms with Crippen LogP contribution in [0, 0.1) is 0 Å². The van der Waals surface area contributed by atoms with E-state index in [1.54, 1.807) is 12.2 Å². The van der Waals surface area contributed by atoms with Gasteiger partial charge in [0.25, 0.3) is 0 Å². The van der Waals surface area contributed by atoms with Crippen molar-refractivity contribution >= 4 is 27.6 Å². The Balaban J connectivity index is 4.76. The minimum absolute atomic E-state index is 0.109. The summed E-state index contributed by atoms with van der Waals surface area (Å²) < 4.78 is 47.6. The van der Waals surface area contributed by atoms with Gasteiger partial charge in [0.2, 0.25) is 0 Å². The molecule has 0 heterocycles. The molecule has 4 atom stereocenters. The number of aliphatic hydroxyl groups is 2. The highest BCUT2D eigenvalue weighted by molar-refractivity contribution is 7.47. The van der Waals surface area contributed by atoms with Crippen LogP contribution in [0.3, 0.4) is 0 Å². The molecule has 0 saturated carbocycles. The van der Waals surface area contributed by atoms with Crippen LogP contribution in [0.2, 0.25) is 0 Å². The Morgan fingerprint density at radius 2 is 1.03 bits per heavy atom. The number of phosphoric ester groups is 2. The Hall–Kier alpha value is -3.26. The maximum Gasteiger partial charge on any atom is 0.472 e. The second-order valence-corrected chi connectivity index (χ2v) is 17.5. The molecule has 0 fully saturated rings. The fourth-order valence-electron chi connectivity index (χ4n) is 5.30. The predicted octanol–water partition coefficient (Wildman–Crippen LogP) is 10.9. The smallest absolute Gasteiger partial charge is 0.462 e. The Kier molecular flexibility index (Phi) is 40.2. The molecule has 0 amide bonds. The summed E-state index contributed by atoms with van der Waals surface area (Å²) in [7, 11) is -9.77. The summed E-state index contributed by atoms with van der Waals surface area (Å²) in [5, 5.41) is 20.1. The SMILES string of the molecule is CC/C=C\C/C=C\C/C=C\C/C=C\C/C=C\CCCCCC(=O)OC[C@H](COP(=O)(O)OC[C@@H](O)COP(=O)(O)O)OC(=O)CCC[C@@H](O)/C=C/C=C\C/C=C\C/C=C\CCCCC. The van der Waals surface area contributed by atoms with Crippen molar-refractivity contribution < 1.29 is 66.7 Å². The standard InChI is InChI=1S/C48H78O14P2/c1-3-5-7-9-11-13-15-17-18-19-20-21-22-24-26-28-30-32-34-38-47(51)58-42-46(43-61-64(56,57)60-41-45(50)40-59-63(53,54)55)62-48(52)39-35-37-44(49)36-33-31-29-27-25-23-16-14-12-10-8-6-4-2/h5,7,11-14,17-18,20-21,23-26,29,31,33,36,44-46,49-50H,3-4,6,8-10,15-16,19,22,27-28,30,32,34-35,37-43H2,1-2H3,(H,56,57)(H2,53,54,55)/b7-5-,13-11-,14-12-,18-17-,21-20-,25-23-,26-24-,31-29-,36-33+/t44-,45-,46+/m0/s1. The molecule has 364 valence electrons. The zero-order valence-corrected chi connectivity index (χ0v) is 40.0. The Morgan fingerprint density at radius 3 is 1.59 bits per heavy atom. The Bertz CT molecular complexity index is 1560. The zero-order valence-electron chi connectivity index (χ0n) is 38.2. The van der Waals surface area contributed by atoms with Crippen LogP contribution in [-0.2, 0) is 41.8 Å². The molecule has 14 nitrogen and oxygen atoms in total. The summed E-state index contributed by atoms with van der Waals surface area (Å²) in [6.07, 6.45) is 48.2. The van der Waals surface area contributed by atoms with E-state index in [1.807, 2.05) is 12.2 Å². The predicted molar refractivity (Wildman–Crippen MR) is 254 cm³/mol. The van der Waals surface area contributed by atoms with Crippen molar-refractivity contribution in [3.63, 3.8) is 0 Å². The molecule has 5 N–H and O–H groups in total. The van der Waals surface area contributed by atoms with Crippen LogP contribution in [0.4, 0.5) is 0 Å². The van der Waals surface area contributed by atoms with Crippen LogP contribution in [-0.4, -0.2) is 81.6 Å². The topological polar surface area (TPSA) is 216 Å². The summed E-state index contributed by atoms with van der Waals surface area (Å²) in [4.78, 5) is 52.8. The number of aliphatic hydroxyl groups excluding tert-OH is 2. The van der Waals surface area contributed by atoms with Crippen molar-refractivity contribution in [1.29, 1.82) is 0 Å². The highest BCUT2D eigenvalue weighted by Crippen LogP contribution is 2.43. The molecule has 0 aliphatic rings. The molecule has 0 aromatic carbocycles. The Morgan fingerprint density at radius 1 is 0.531 bits per heavy atom. The van der Waals surface area contributed by atoms with E-state index < -0.39 is 72.3 Å². The second-order valence-electron chi connectivity index (χ2n) is 14.8. The van der Waals surface area contributed by atoms with E-state index in [0.29, 0.717) is 6.42 Å². The molecular formula is C48H78O14P2. The van der Waals surface area contributed by atoms with Gasteiger partial charge in [-0.3, -0.25) is 23.2 Å². The van der Waals surface area contributed by atoms with Gasteiger partial charge in [0, 0.05) is 12.8 Å². The maximum atomic E-state index is 12.7. The summed E-state index contributed by atoms with van der Waals surface area (Å²) >= 11 is 0. The molecule has 0 bridgehead atoms. The van der Waals surface area contributed by atoms with Crippen LogP contribution < -0.4 is 0 Å². The fourth-order valence-corrected chi connectivity index (χ4v) is 6.46. The highest BCUT2D eigenvalue weighted by atomic mass is 31.2. The van der Waals surface area contributed by atoms with E-state index in [4.69, 9.17) is 23.8 Å². The van der Waals surface area contributed by atoms with E-state index in [1.165, 1.54) is 19.3 Å².